The van der Waals surface area contributed by atoms with Crippen LogP contribution < -0.4 is 6.15 Å². The van der Waals surface area contributed by atoms with Gasteiger partial charge in [0.2, 0.25) is 0 Å². The van der Waals surface area contributed by atoms with Gasteiger partial charge >= 0.3 is 0 Å². The van der Waals surface area contributed by atoms with E-state index in [1.807, 2.05) is 6.07 Å². The van der Waals surface area contributed by atoms with E-state index in [0.717, 1.165) is 0 Å². The van der Waals surface area contributed by atoms with Crippen LogP contribution in [-0.4, -0.2) is 0 Å². The van der Waals surface area contributed by atoms with E-state index in [-0.39, 0.29) is 6.15 Å². The van der Waals surface area contributed by atoms with Crippen LogP contribution in [0.4, 0.5) is 0 Å². The maximum atomic E-state index is 3.43. The normalized spacial score (nSPS) is 9.45. The molecule has 1 aromatic rings. The molecular formula is C9H14BrN. The van der Waals surface area contributed by atoms with Gasteiger partial charge in [0.15, 0.2) is 0 Å². The second kappa shape index (κ2) is 4.52. The third-order valence-corrected chi connectivity index (χ3v) is 2.01. The lowest BCUT2D eigenvalue weighted by Gasteiger charge is -2.03. The fraction of sp³-hybridized carbons (Fsp3) is 0.333. The first-order valence-electron chi connectivity index (χ1n) is 3.45. The zero-order chi connectivity index (χ0) is 7.56. The van der Waals surface area contributed by atoms with Crippen LogP contribution in [0.5, 0.6) is 0 Å². The van der Waals surface area contributed by atoms with E-state index in [1.54, 1.807) is 0 Å². The van der Waals surface area contributed by atoms with Gasteiger partial charge < -0.3 is 6.15 Å². The van der Waals surface area contributed by atoms with Crippen LogP contribution in [0.3, 0.4) is 0 Å². The van der Waals surface area contributed by atoms with Crippen LogP contribution in [0, 0.1) is 0 Å². The molecule has 0 fully saturated rings. The molecule has 11 heavy (non-hydrogen) atoms. The second-order valence-electron chi connectivity index (χ2n) is 2.71. The van der Waals surface area contributed by atoms with Crippen LogP contribution in [0.15, 0.2) is 28.7 Å². The van der Waals surface area contributed by atoms with E-state index < -0.39 is 0 Å². The van der Waals surface area contributed by atoms with Crippen LogP contribution in [0.2, 0.25) is 0 Å². The molecule has 3 N–H and O–H groups in total. The Morgan fingerprint density at radius 1 is 1.27 bits per heavy atom. The van der Waals surface area contributed by atoms with Crippen LogP contribution in [0.25, 0.3) is 0 Å². The number of rotatable bonds is 1. The first-order valence-corrected chi connectivity index (χ1v) is 4.25. The van der Waals surface area contributed by atoms with E-state index in [9.17, 15) is 0 Å². The summed E-state index contributed by atoms with van der Waals surface area (Å²) in [6, 6.07) is 8.42. The van der Waals surface area contributed by atoms with Gasteiger partial charge in [0.1, 0.15) is 0 Å². The Bertz CT molecular complexity index is 221. The van der Waals surface area contributed by atoms with Gasteiger partial charge in [0.05, 0.1) is 0 Å². The molecule has 0 saturated carbocycles. The molecule has 0 atom stereocenters. The summed E-state index contributed by atoms with van der Waals surface area (Å²) in [6.45, 7) is 4.39. The van der Waals surface area contributed by atoms with E-state index in [2.05, 4.69) is 48.0 Å². The zero-order valence-electron chi connectivity index (χ0n) is 6.97. The highest BCUT2D eigenvalue weighted by atomic mass is 79.9. The van der Waals surface area contributed by atoms with Crippen molar-refractivity contribution in [1.82, 2.24) is 6.15 Å². The molecule has 0 bridgehead atoms. The minimum atomic E-state index is 0. The van der Waals surface area contributed by atoms with Crippen LogP contribution in [-0.2, 0) is 0 Å². The highest BCUT2D eigenvalue weighted by Crippen LogP contribution is 2.18. The molecule has 0 heterocycles. The quantitative estimate of drug-likeness (QED) is 0.762. The lowest BCUT2D eigenvalue weighted by molar-refractivity contribution is 0.866. The van der Waals surface area contributed by atoms with Crippen molar-refractivity contribution in [2.45, 2.75) is 19.8 Å². The van der Waals surface area contributed by atoms with Crippen molar-refractivity contribution in [3.63, 3.8) is 0 Å². The molecule has 0 aliphatic rings. The summed E-state index contributed by atoms with van der Waals surface area (Å²) in [7, 11) is 0. The summed E-state index contributed by atoms with van der Waals surface area (Å²) in [6.07, 6.45) is 0. The summed E-state index contributed by atoms with van der Waals surface area (Å²) in [5, 5.41) is 0. The highest BCUT2D eigenvalue weighted by Gasteiger charge is 1.96. The molecule has 0 radical (unpaired) electrons. The smallest absolute Gasteiger partial charge is 0.0178 e. The van der Waals surface area contributed by atoms with Gasteiger partial charge in [0.25, 0.3) is 0 Å². The van der Waals surface area contributed by atoms with E-state index >= 15 is 0 Å². The Hall–Kier alpha value is -0.340. The lowest BCUT2D eigenvalue weighted by atomic mass is 10.0. The fourth-order valence-electron chi connectivity index (χ4n) is 0.866. The van der Waals surface area contributed by atoms with Crippen molar-refractivity contribution in [1.29, 1.82) is 0 Å². The van der Waals surface area contributed by atoms with Gasteiger partial charge in [-0.3, -0.25) is 0 Å². The van der Waals surface area contributed by atoms with Crippen molar-refractivity contribution >= 4 is 15.9 Å². The van der Waals surface area contributed by atoms with Gasteiger partial charge in [-0.25, -0.2) is 0 Å². The summed E-state index contributed by atoms with van der Waals surface area (Å²) in [5.74, 6) is 0.623. The molecule has 0 unspecified atom stereocenters. The van der Waals surface area contributed by atoms with Crippen molar-refractivity contribution in [2.24, 2.45) is 0 Å². The summed E-state index contributed by atoms with van der Waals surface area (Å²) in [5.41, 5.74) is 1.38. The van der Waals surface area contributed by atoms with Crippen LogP contribution >= 0.6 is 15.9 Å². The van der Waals surface area contributed by atoms with Gasteiger partial charge in [-0.05, 0) is 23.6 Å². The molecule has 0 amide bonds. The standard InChI is InChI=1S/C9H11Br.H3N/c1-7(2)8-4-3-5-9(10)6-8;/h3-7H,1-2H3;1H3. The minimum Gasteiger partial charge on any atom is -0.344 e. The van der Waals surface area contributed by atoms with Gasteiger partial charge in [0, 0.05) is 4.47 Å². The predicted octanol–water partition coefficient (Wildman–Crippen LogP) is 3.73. The van der Waals surface area contributed by atoms with Crippen molar-refractivity contribution in [2.75, 3.05) is 0 Å². The SMILES string of the molecule is CC(C)c1cccc(Br)c1.N. The number of hydrogen-bond acceptors (Lipinski definition) is 1. The average molecular weight is 216 g/mol. The molecule has 62 valence electrons. The Kier molecular flexibility index (Phi) is 4.38. The van der Waals surface area contributed by atoms with Crippen molar-refractivity contribution < 1.29 is 0 Å². The van der Waals surface area contributed by atoms with Crippen LogP contribution in [0.1, 0.15) is 25.3 Å². The summed E-state index contributed by atoms with van der Waals surface area (Å²) in [4.78, 5) is 0. The molecule has 0 saturated heterocycles. The monoisotopic (exact) mass is 215 g/mol. The summed E-state index contributed by atoms with van der Waals surface area (Å²) >= 11 is 3.43. The molecule has 1 nitrogen and oxygen atoms in total. The number of hydrogen-bond donors (Lipinski definition) is 1. The molecular weight excluding hydrogens is 202 g/mol. The largest absolute Gasteiger partial charge is 0.344 e. The van der Waals surface area contributed by atoms with Gasteiger partial charge in [-0.1, -0.05) is 41.9 Å². The van der Waals surface area contributed by atoms with E-state index in [0.29, 0.717) is 5.92 Å². The van der Waals surface area contributed by atoms with Crippen molar-refractivity contribution in [3.05, 3.63) is 34.3 Å². The number of halogens is 1. The molecule has 1 aromatic carbocycles. The first-order chi connectivity index (χ1) is 4.70. The number of benzene rings is 1. The molecule has 0 spiro atoms. The van der Waals surface area contributed by atoms with Gasteiger partial charge in [-0.15, -0.1) is 0 Å². The van der Waals surface area contributed by atoms with E-state index in [1.165, 1.54) is 10.0 Å². The summed E-state index contributed by atoms with van der Waals surface area (Å²) < 4.78 is 1.17. The topological polar surface area (TPSA) is 35.0 Å². The Morgan fingerprint density at radius 3 is 2.27 bits per heavy atom. The Labute approximate surface area is 76.5 Å². The highest BCUT2D eigenvalue weighted by molar-refractivity contribution is 9.10. The Balaban J connectivity index is 0.000001000. The predicted molar refractivity (Wildman–Crippen MR) is 53.3 cm³/mol. The molecule has 1 rings (SSSR count). The maximum absolute atomic E-state index is 3.43. The minimum absolute atomic E-state index is 0. The second-order valence-corrected chi connectivity index (χ2v) is 3.63. The third kappa shape index (κ3) is 3.04. The molecule has 0 aromatic heterocycles. The third-order valence-electron chi connectivity index (χ3n) is 1.52. The van der Waals surface area contributed by atoms with Gasteiger partial charge in [-0.2, -0.15) is 0 Å². The lowest BCUT2D eigenvalue weighted by Crippen LogP contribution is -1.84. The zero-order valence-corrected chi connectivity index (χ0v) is 8.56. The average Bonchev–Trinajstić information content (AvgIpc) is 1.88. The molecule has 2 heteroatoms. The molecule has 0 aliphatic carbocycles. The van der Waals surface area contributed by atoms with E-state index in [4.69, 9.17) is 0 Å². The molecule has 0 aliphatic heterocycles. The van der Waals surface area contributed by atoms with Crippen molar-refractivity contribution in [3.8, 4) is 0 Å². The maximum Gasteiger partial charge on any atom is 0.0178 e. The Morgan fingerprint density at radius 2 is 1.91 bits per heavy atom. The first kappa shape index (κ1) is 10.7. The fourth-order valence-corrected chi connectivity index (χ4v) is 1.28.